The molecule has 1 amide bonds. The lowest BCUT2D eigenvalue weighted by molar-refractivity contribution is -0.146. The lowest BCUT2D eigenvalue weighted by Gasteiger charge is -2.20. The molecular formula is C16H17NO4S2. The number of benzene rings is 1. The molecule has 0 aromatic heterocycles. The maximum Gasteiger partial charge on any atom is 0.329 e. The second-order valence-corrected chi connectivity index (χ2v) is 7.09. The molecule has 5 nitrogen and oxygen atoms in total. The average Bonchev–Trinajstić information content (AvgIpc) is 2.76. The molecule has 1 aliphatic rings. The minimum Gasteiger partial charge on any atom is -0.480 e. The van der Waals surface area contributed by atoms with Gasteiger partial charge in [-0.2, -0.15) is 0 Å². The van der Waals surface area contributed by atoms with E-state index in [2.05, 4.69) is 13.8 Å². The van der Waals surface area contributed by atoms with Gasteiger partial charge in [0, 0.05) is 0 Å². The fourth-order valence-electron chi connectivity index (χ4n) is 2.15. The number of thioether (sulfide) groups is 1. The molecule has 0 aliphatic carbocycles. The summed E-state index contributed by atoms with van der Waals surface area (Å²) in [5.74, 6) is -1.36. The Morgan fingerprint density at radius 1 is 1.35 bits per heavy atom. The van der Waals surface area contributed by atoms with E-state index in [0.717, 1.165) is 22.2 Å². The first-order valence-corrected chi connectivity index (χ1v) is 8.28. The van der Waals surface area contributed by atoms with Crippen LogP contribution in [0.1, 0.15) is 30.9 Å². The van der Waals surface area contributed by atoms with Gasteiger partial charge in [0.05, 0.1) is 11.5 Å². The number of carboxylic acid groups (broad SMARTS) is 1. The van der Waals surface area contributed by atoms with Gasteiger partial charge in [-0.1, -0.05) is 62.1 Å². The minimum atomic E-state index is -1.35. The molecule has 23 heavy (non-hydrogen) atoms. The van der Waals surface area contributed by atoms with E-state index in [1.54, 1.807) is 6.08 Å². The molecular weight excluding hydrogens is 334 g/mol. The van der Waals surface area contributed by atoms with E-state index in [0.29, 0.717) is 10.8 Å². The van der Waals surface area contributed by atoms with E-state index in [9.17, 15) is 14.7 Å². The number of aliphatic hydroxyl groups is 1. The number of nitrogens with zero attached hydrogens (tertiary/aromatic N) is 1. The number of carbonyl (C=O) groups is 2. The van der Waals surface area contributed by atoms with Crippen LogP contribution in [0.2, 0.25) is 0 Å². The number of hydrogen-bond acceptors (Lipinski definition) is 5. The summed E-state index contributed by atoms with van der Waals surface area (Å²) in [4.78, 5) is 24.8. The summed E-state index contributed by atoms with van der Waals surface area (Å²) < 4.78 is 0.140. The molecule has 0 spiro atoms. The number of thiocarbonyl (C=S) groups is 1. The molecule has 0 bridgehead atoms. The van der Waals surface area contributed by atoms with Crippen molar-refractivity contribution in [3.05, 3.63) is 40.3 Å². The Labute approximate surface area is 144 Å². The zero-order chi connectivity index (χ0) is 17.1. The molecule has 0 saturated carbocycles. The van der Waals surface area contributed by atoms with Crippen LogP contribution in [0.5, 0.6) is 0 Å². The van der Waals surface area contributed by atoms with E-state index in [1.165, 1.54) is 5.56 Å². The molecule has 7 heteroatoms. The number of hydrogen-bond donors (Lipinski definition) is 2. The number of rotatable bonds is 5. The summed E-state index contributed by atoms with van der Waals surface area (Å²) in [5.41, 5.74) is 2.03. The van der Waals surface area contributed by atoms with Gasteiger partial charge >= 0.3 is 5.97 Å². The van der Waals surface area contributed by atoms with Gasteiger partial charge in [-0.25, -0.2) is 4.79 Å². The maximum absolute atomic E-state index is 12.4. The lowest BCUT2D eigenvalue weighted by Crippen LogP contribution is -2.46. The number of carbonyl (C=O) groups excluding carboxylic acids is 1. The van der Waals surface area contributed by atoms with Crippen LogP contribution in [0.3, 0.4) is 0 Å². The second-order valence-electron chi connectivity index (χ2n) is 5.41. The van der Waals surface area contributed by atoms with Crippen molar-refractivity contribution >= 4 is 46.3 Å². The fraction of sp³-hybridized carbons (Fsp3) is 0.312. The third-order valence-corrected chi connectivity index (χ3v) is 4.82. The Morgan fingerprint density at radius 2 is 1.96 bits per heavy atom. The van der Waals surface area contributed by atoms with Crippen molar-refractivity contribution in [3.63, 3.8) is 0 Å². The highest BCUT2D eigenvalue weighted by atomic mass is 32.2. The van der Waals surface area contributed by atoms with Gasteiger partial charge in [0.15, 0.2) is 6.04 Å². The summed E-state index contributed by atoms with van der Waals surface area (Å²) in [5, 5.41) is 18.3. The molecule has 1 aromatic rings. The summed E-state index contributed by atoms with van der Waals surface area (Å²) in [6.07, 6.45) is 1.68. The number of aliphatic hydroxyl groups excluding tert-OH is 1. The maximum atomic E-state index is 12.4. The van der Waals surface area contributed by atoms with Gasteiger partial charge in [0.1, 0.15) is 4.32 Å². The molecule has 1 fully saturated rings. The van der Waals surface area contributed by atoms with Crippen molar-refractivity contribution in [1.82, 2.24) is 4.90 Å². The van der Waals surface area contributed by atoms with Crippen molar-refractivity contribution in [2.45, 2.75) is 25.8 Å². The van der Waals surface area contributed by atoms with Crippen LogP contribution in [-0.2, 0) is 9.59 Å². The second kappa shape index (κ2) is 7.25. The molecule has 1 atom stereocenters. The molecule has 2 N–H and O–H groups in total. The molecule has 1 aromatic carbocycles. The van der Waals surface area contributed by atoms with Crippen LogP contribution in [0, 0.1) is 0 Å². The molecule has 0 radical (unpaired) electrons. The van der Waals surface area contributed by atoms with E-state index in [4.69, 9.17) is 17.3 Å². The largest absolute Gasteiger partial charge is 0.480 e. The van der Waals surface area contributed by atoms with Crippen LogP contribution in [0.15, 0.2) is 29.2 Å². The van der Waals surface area contributed by atoms with Crippen molar-refractivity contribution in [3.8, 4) is 0 Å². The monoisotopic (exact) mass is 351 g/mol. The first-order chi connectivity index (χ1) is 10.8. The van der Waals surface area contributed by atoms with Gasteiger partial charge < -0.3 is 10.2 Å². The van der Waals surface area contributed by atoms with Crippen molar-refractivity contribution in [2.24, 2.45) is 0 Å². The van der Waals surface area contributed by atoms with Crippen LogP contribution < -0.4 is 0 Å². The predicted octanol–water partition coefficient (Wildman–Crippen LogP) is 2.46. The lowest BCUT2D eigenvalue weighted by atomic mass is 10.0. The highest BCUT2D eigenvalue weighted by Crippen LogP contribution is 2.34. The van der Waals surface area contributed by atoms with Crippen molar-refractivity contribution in [1.29, 1.82) is 0 Å². The van der Waals surface area contributed by atoms with Crippen molar-refractivity contribution < 1.29 is 19.8 Å². The topological polar surface area (TPSA) is 77.8 Å². The third-order valence-electron chi connectivity index (χ3n) is 3.49. The number of amides is 1. The zero-order valence-electron chi connectivity index (χ0n) is 12.7. The van der Waals surface area contributed by atoms with E-state index in [-0.39, 0.29) is 4.32 Å². The van der Waals surface area contributed by atoms with E-state index >= 15 is 0 Å². The molecule has 2 rings (SSSR count). The quantitative estimate of drug-likeness (QED) is 0.627. The van der Waals surface area contributed by atoms with Crippen molar-refractivity contribution in [2.75, 3.05) is 6.61 Å². The summed E-state index contributed by atoms with van der Waals surface area (Å²) >= 11 is 6.12. The Bertz CT molecular complexity index is 667. The first-order valence-electron chi connectivity index (χ1n) is 7.05. The van der Waals surface area contributed by atoms with Crippen LogP contribution in [-0.4, -0.2) is 44.0 Å². The third kappa shape index (κ3) is 3.80. The standard InChI is InChI=1S/C16H17NO4S2/c1-9(2)11-5-3-10(4-6-11)7-13-14(19)17(16(22)23-13)12(8-18)15(20)21/h3-7,9,12,18H,8H2,1-2H3,(H,20,21)/b13-7-/t12-/m1/s1. The average molecular weight is 351 g/mol. The summed E-state index contributed by atoms with van der Waals surface area (Å²) in [6, 6.07) is 6.44. The van der Waals surface area contributed by atoms with Crippen LogP contribution in [0.25, 0.3) is 6.08 Å². The van der Waals surface area contributed by atoms with Crippen LogP contribution in [0.4, 0.5) is 0 Å². The SMILES string of the molecule is CC(C)c1ccc(/C=C2\SC(=S)N([C@H](CO)C(=O)O)C2=O)cc1. The Balaban J connectivity index is 2.26. The molecule has 122 valence electrons. The minimum absolute atomic E-state index is 0.140. The van der Waals surface area contributed by atoms with Gasteiger partial charge in [-0.15, -0.1) is 0 Å². The first kappa shape index (κ1) is 17.7. The van der Waals surface area contributed by atoms with E-state index in [1.807, 2.05) is 24.3 Å². The summed E-state index contributed by atoms with van der Waals surface area (Å²) in [7, 11) is 0. The fourth-order valence-corrected chi connectivity index (χ4v) is 3.50. The zero-order valence-corrected chi connectivity index (χ0v) is 14.4. The van der Waals surface area contributed by atoms with Gasteiger partial charge in [0.2, 0.25) is 0 Å². The normalized spacial score (nSPS) is 18.1. The van der Waals surface area contributed by atoms with Gasteiger partial charge in [-0.05, 0) is 23.1 Å². The highest BCUT2D eigenvalue weighted by Gasteiger charge is 2.40. The van der Waals surface area contributed by atoms with Gasteiger partial charge in [0.25, 0.3) is 5.91 Å². The number of aliphatic carboxylic acids is 1. The highest BCUT2D eigenvalue weighted by molar-refractivity contribution is 8.26. The smallest absolute Gasteiger partial charge is 0.329 e. The number of carboxylic acids is 1. The molecule has 0 unspecified atom stereocenters. The van der Waals surface area contributed by atoms with Gasteiger partial charge in [-0.3, -0.25) is 9.69 Å². The Morgan fingerprint density at radius 3 is 2.43 bits per heavy atom. The Hall–Kier alpha value is -1.70. The molecule has 1 saturated heterocycles. The molecule has 1 heterocycles. The molecule has 1 aliphatic heterocycles. The predicted molar refractivity (Wildman–Crippen MR) is 94.1 cm³/mol. The van der Waals surface area contributed by atoms with E-state index < -0.39 is 24.5 Å². The summed E-state index contributed by atoms with van der Waals surface area (Å²) in [6.45, 7) is 3.51. The Kier molecular flexibility index (Phi) is 5.56. The van der Waals surface area contributed by atoms with Crippen LogP contribution >= 0.6 is 24.0 Å².